The number of halogens is 3. The molecule has 2 amide bonds. The van der Waals surface area contributed by atoms with Crippen LogP contribution < -0.4 is 19.9 Å². The molecular weight excluding hydrogens is 523 g/mol. The highest BCUT2D eigenvalue weighted by Crippen LogP contribution is 2.44. The van der Waals surface area contributed by atoms with E-state index in [1.54, 1.807) is 48.6 Å². The number of rotatable bonds is 4. The first-order valence-electron chi connectivity index (χ1n) is 12.8. The third-order valence-corrected chi connectivity index (χ3v) is 7.15. The van der Waals surface area contributed by atoms with E-state index < -0.39 is 17.8 Å². The molecule has 3 aromatic heterocycles. The third kappa shape index (κ3) is 4.53. The quantitative estimate of drug-likeness (QED) is 0.390. The maximum absolute atomic E-state index is 14.4. The van der Waals surface area contributed by atoms with Gasteiger partial charge in [-0.05, 0) is 36.4 Å². The number of nitrogens with zero attached hydrogens (tertiary/aromatic N) is 6. The average molecular weight is 550 g/mol. The van der Waals surface area contributed by atoms with Crippen LogP contribution in [0.15, 0.2) is 54.9 Å². The van der Waals surface area contributed by atoms with E-state index in [0.717, 1.165) is 6.07 Å². The Hall–Kier alpha value is -4.45. The summed E-state index contributed by atoms with van der Waals surface area (Å²) in [6.45, 7) is 2.35. The molecule has 0 aliphatic carbocycles. The van der Waals surface area contributed by atoms with Gasteiger partial charge in [-0.1, -0.05) is 0 Å². The molecule has 0 spiro atoms. The number of aromatic nitrogens is 3. The fourth-order valence-electron chi connectivity index (χ4n) is 5.17. The van der Waals surface area contributed by atoms with Crippen molar-refractivity contribution in [3.05, 3.63) is 66.0 Å². The summed E-state index contributed by atoms with van der Waals surface area (Å²) >= 11 is 0. The van der Waals surface area contributed by atoms with Crippen LogP contribution in [0, 0.1) is 0 Å². The summed E-state index contributed by atoms with van der Waals surface area (Å²) < 4.78 is 48.3. The molecule has 1 N–H and O–H groups in total. The summed E-state index contributed by atoms with van der Waals surface area (Å²) in [5.74, 6) is 0.452. The highest BCUT2D eigenvalue weighted by molar-refractivity contribution is 6.08. The number of benzene rings is 1. The van der Waals surface area contributed by atoms with E-state index in [0.29, 0.717) is 65.6 Å². The zero-order valence-corrected chi connectivity index (χ0v) is 21.9. The van der Waals surface area contributed by atoms with Crippen LogP contribution in [0.2, 0.25) is 0 Å². The number of amides is 2. The largest absolute Gasteiger partial charge is 0.481 e. The first-order valence-corrected chi connectivity index (χ1v) is 12.8. The Morgan fingerprint density at radius 2 is 1.80 bits per heavy atom. The van der Waals surface area contributed by atoms with E-state index in [2.05, 4.69) is 15.3 Å². The van der Waals surface area contributed by atoms with E-state index in [4.69, 9.17) is 9.72 Å². The molecule has 0 unspecified atom stereocenters. The van der Waals surface area contributed by atoms with Gasteiger partial charge in [-0.15, -0.1) is 0 Å². The third-order valence-electron chi connectivity index (χ3n) is 7.15. The molecular formula is C28H26F3N7O2. The Kier molecular flexibility index (Phi) is 6.41. The molecule has 2 aliphatic heterocycles. The minimum absolute atomic E-state index is 0.0998. The lowest BCUT2D eigenvalue weighted by atomic mass is 10.0. The second-order valence-electron chi connectivity index (χ2n) is 9.70. The number of alkyl halides is 3. The highest BCUT2D eigenvalue weighted by atomic mass is 19.4. The minimum atomic E-state index is -4.61. The molecule has 0 atom stereocenters. The summed E-state index contributed by atoms with van der Waals surface area (Å²) in [5, 5.41) is 3.16. The van der Waals surface area contributed by atoms with Crippen molar-refractivity contribution in [3.63, 3.8) is 0 Å². The Labute approximate surface area is 228 Å². The van der Waals surface area contributed by atoms with Crippen LogP contribution in [0.5, 0.6) is 5.88 Å². The molecule has 9 nitrogen and oxygen atoms in total. The summed E-state index contributed by atoms with van der Waals surface area (Å²) in [4.78, 5) is 31.6. The second-order valence-corrected chi connectivity index (χ2v) is 9.70. The van der Waals surface area contributed by atoms with Crippen LogP contribution in [0.4, 0.5) is 35.0 Å². The van der Waals surface area contributed by atoms with Crippen LogP contribution >= 0.6 is 0 Å². The summed E-state index contributed by atoms with van der Waals surface area (Å²) in [6, 6.07) is 10.7. The van der Waals surface area contributed by atoms with Gasteiger partial charge < -0.3 is 19.9 Å². The zero-order chi connectivity index (χ0) is 28.0. The minimum Gasteiger partial charge on any atom is -0.481 e. The number of hydrogen-bond donors (Lipinski definition) is 1. The number of pyridine rings is 3. The van der Waals surface area contributed by atoms with Crippen LogP contribution in [0.3, 0.4) is 0 Å². The highest BCUT2D eigenvalue weighted by Gasteiger charge is 2.38. The van der Waals surface area contributed by atoms with E-state index in [1.165, 1.54) is 23.0 Å². The van der Waals surface area contributed by atoms with Crippen molar-refractivity contribution in [2.24, 2.45) is 0 Å². The van der Waals surface area contributed by atoms with Crippen molar-refractivity contribution in [2.75, 3.05) is 50.1 Å². The first-order chi connectivity index (χ1) is 19.2. The number of nitrogens with one attached hydrogen (secondary N) is 1. The Morgan fingerprint density at radius 1 is 1.00 bits per heavy atom. The molecule has 1 saturated heterocycles. The number of piperazine rings is 1. The van der Waals surface area contributed by atoms with E-state index in [1.807, 2.05) is 6.07 Å². The average Bonchev–Trinajstić information content (AvgIpc) is 2.97. The summed E-state index contributed by atoms with van der Waals surface area (Å²) in [5.41, 5.74) is 2.72. The second kappa shape index (κ2) is 9.94. The number of carbonyl (C=O) groups excluding carboxylic acids is 1. The predicted octanol–water partition coefficient (Wildman–Crippen LogP) is 4.83. The van der Waals surface area contributed by atoms with Gasteiger partial charge in [-0.2, -0.15) is 13.2 Å². The lowest BCUT2D eigenvalue weighted by Gasteiger charge is -2.36. The van der Waals surface area contributed by atoms with Crippen molar-refractivity contribution >= 4 is 34.1 Å². The maximum Gasteiger partial charge on any atom is 0.418 e. The van der Waals surface area contributed by atoms with Gasteiger partial charge >= 0.3 is 12.2 Å². The fraction of sp³-hybridized carbons (Fsp3) is 0.286. The van der Waals surface area contributed by atoms with Crippen molar-refractivity contribution in [3.8, 4) is 17.1 Å². The smallest absolute Gasteiger partial charge is 0.418 e. The van der Waals surface area contributed by atoms with Gasteiger partial charge in [0.1, 0.15) is 5.52 Å². The van der Waals surface area contributed by atoms with Gasteiger partial charge in [0.25, 0.3) is 0 Å². The van der Waals surface area contributed by atoms with Crippen LogP contribution in [-0.2, 0) is 12.7 Å². The van der Waals surface area contributed by atoms with Gasteiger partial charge in [-0.3, -0.25) is 9.88 Å². The van der Waals surface area contributed by atoms with Gasteiger partial charge in [0, 0.05) is 68.5 Å². The molecule has 5 heterocycles. The van der Waals surface area contributed by atoms with E-state index >= 15 is 0 Å². The Bertz CT molecular complexity index is 1590. The van der Waals surface area contributed by atoms with Gasteiger partial charge in [0.2, 0.25) is 5.88 Å². The molecule has 0 bridgehead atoms. The monoisotopic (exact) mass is 549 g/mol. The summed E-state index contributed by atoms with van der Waals surface area (Å²) in [7, 11) is 3.13. The lowest BCUT2D eigenvalue weighted by molar-refractivity contribution is -0.137. The molecule has 6 rings (SSSR count). The van der Waals surface area contributed by atoms with Crippen molar-refractivity contribution in [2.45, 2.75) is 12.7 Å². The number of fused-ring (bicyclic) bond motifs is 3. The number of ether oxygens (including phenoxy) is 1. The van der Waals surface area contributed by atoms with Crippen LogP contribution in [0.25, 0.3) is 22.3 Å². The molecule has 12 heteroatoms. The van der Waals surface area contributed by atoms with Crippen molar-refractivity contribution in [1.82, 2.24) is 25.2 Å². The van der Waals surface area contributed by atoms with Gasteiger partial charge in [-0.25, -0.2) is 14.8 Å². The molecule has 0 radical (unpaired) electrons. The molecule has 4 aromatic rings. The van der Waals surface area contributed by atoms with E-state index in [9.17, 15) is 18.0 Å². The summed E-state index contributed by atoms with van der Waals surface area (Å²) in [6.07, 6.45) is -1.35. The first kappa shape index (κ1) is 25.8. The molecule has 2 aliphatic rings. The lowest BCUT2D eigenvalue weighted by Crippen LogP contribution is -2.44. The topological polar surface area (TPSA) is 86.7 Å². The Morgan fingerprint density at radius 3 is 2.50 bits per heavy atom. The molecule has 1 fully saturated rings. The zero-order valence-electron chi connectivity index (χ0n) is 21.9. The molecule has 206 valence electrons. The predicted molar refractivity (Wildman–Crippen MR) is 145 cm³/mol. The maximum atomic E-state index is 14.4. The van der Waals surface area contributed by atoms with Gasteiger partial charge in [0.15, 0.2) is 0 Å². The standard InChI is InChI=1S/C28H26F3N7O2/c1-36-16-18-15-33-22-6-5-21(17-3-8-24(40-2)34-14-17)35-25(22)26(18)38(27(36)39)19-4-7-23(20(13-19)28(29,30)31)37-11-9-32-10-12-37/h3-8,13-15,32H,9-12,16H2,1-2H3. The fourth-order valence-corrected chi connectivity index (χ4v) is 5.17. The number of anilines is 3. The van der Waals surface area contributed by atoms with E-state index in [-0.39, 0.29) is 17.9 Å². The number of hydrogen-bond acceptors (Lipinski definition) is 7. The molecule has 40 heavy (non-hydrogen) atoms. The number of carbonyl (C=O) groups is 1. The number of methoxy groups -OCH3 is 1. The van der Waals surface area contributed by atoms with Crippen molar-refractivity contribution < 1.29 is 22.7 Å². The molecule has 1 aromatic carbocycles. The van der Waals surface area contributed by atoms with Crippen LogP contribution in [0.1, 0.15) is 11.1 Å². The Balaban J connectivity index is 1.52. The molecule has 0 saturated carbocycles. The van der Waals surface area contributed by atoms with Crippen molar-refractivity contribution in [1.29, 1.82) is 0 Å². The number of urea groups is 1. The SMILES string of the molecule is COc1ccc(-c2ccc3ncc4c(c3n2)N(c2ccc(N3CCNCC3)c(C(F)(F)F)c2)C(=O)N(C)C4)cn1. The van der Waals surface area contributed by atoms with Crippen LogP contribution in [-0.4, -0.2) is 66.2 Å². The van der Waals surface area contributed by atoms with Gasteiger partial charge in [0.05, 0.1) is 41.8 Å². The normalized spacial score (nSPS) is 15.9.